The van der Waals surface area contributed by atoms with Crippen molar-refractivity contribution in [2.45, 2.75) is 19.4 Å². The zero-order valence-electron chi connectivity index (χ0n) is 10.8. The molecule has 0 aliphatic rings. The van der Waals surface area contributed by atoms with Gasteiger partial charge in [0.25, 0.3) is 0 Å². The first-order valence-electron chi connectivity index (χ1n) is 6.43. The fraction of sp³-hybridized carbons (Fsp3) is 0.176. The summed E-state index contributed by atoms with van der Waals surface area (Å²) in [6.45, 7) is 1.88. The molecular formula is C17H16O2. The minimum absolute atomic E-state index is 0.515. The van der Waals surface area contributed by atoms with Crippen molar-refractivity contribution in [3.05, 3.63) is 71.7 Å². The average molecular weight is 252 g/mol. The van der Waals surface area contributed by atoms with Crippen LogP contribution >= 0.6 is 0 Å². The molecule has 0 amide bonds. The van der Waals surface area contributed by atoms with E-state index in [1.807, 2.05) is 25.1 Å². The Kier molecular flexibility index (Phi) is 3.10. The van der Waals surface area contributed by atoms with Crippen LogP contribution in [-0.4, -0.2) is 5.11 Å². The zero-order valence-corrected chi connectivity index (χ0v) is 10.8. The molecule has 2 nitrogen and oxygen atoms in total. The van der Waals surface area contributed by atoms with Crippen LogP contribution in [0.4, 0.5) is 0 Å². The second-order valence-corrected chi connectivity index (χ2v) is 4.89. The number of fused-ring (bicyclic) bond motifs is 1. The summed E-state index contributed by atoms with van der Waals surface area (Å²) in [5, 5.41) is 12.6. The third-order valence-corrected chi connectivity index (χ3v) is 3.38. The number of furan rings is 1. The molecule has 1 N–H and O–H groups in total. The van der Waals surface area contributed by atoms with Crippen molar-refractivity contribution < 1.29 is 9.52 Å². The Morgan fingerprint density at radius 2 is 1.84 bits per heavy atom. The van der Waals surface area contributed by atoms with E-state index in [0.717, 1.165) is 16.9 Å². The van der Waals surface area contributed by atoms with Gasteiger partial charge >= 0.3 is 0 Å². The molecule has 2 aromatic carbocycles. The van der Waals surface area contributed by atoms with Gasteiger partial charge in [0.05, 0.1) is 12.4 Å². The Morgan fingerprint density at radius 3 is 2.58 bits per heavy atom. The molecule has 0 spiro atoms. The van der Waals surface area contributed by atoms with Gasteiger partial charge in [-0.05, 0) is 29.3 Å². The first-order chi connectivity index (χ1) is 9.22. The van der Waals surface area contributed by atoms with Gasteiger partial charge in [-0.1, -0.05) is 42.5 Å². The van der Waals surface area contributed by atoms with Gasteiger partial charge in [-0.15, -0.1) is 0 Å². The maximum atomic E-state index is 10.2. The van der Waals surface area contributed by atoms with E-state index in [1.165, 1.54) is 10.8 Å². The topological polar surface area (TPSA) is 33.4 Å². The van der Waals surface area contributed by atoms with Gasteiger partial charge in [-0.2, -0.15) is 0 Å². The SMILES string of the molecule is Cc1cc(C(O)Cc2ccc3ccccc3c2)co1. The van der Waals surface area contributed by atoms with Gasteiger partial charge < -0.3 is 9.52 Å². The Bertz CT molecular complexity index is 697. The van der Waals surface area contributed by atoms with Crippen LogP contribution in [0.2, 0.25) is 0 Å². The third-order valence-electron chi connectivity index (χ3n) is 3.38. The van der Waals surface area contributed by atoms with Gasteiger partial charge in [0.1, 0.15) is 5.76 Å². The minimum atomic E-state index is -0.515. The molecule has 0 fully saturated rings. The first kappa shape index (κ1) is 12.0. The van der Waals surface area contributed by atoms with Gasteiger partial charge in [0.2, 0.25) is 0 Å². The zero-order chi connectivity index (χ0) is 13.2. The van der Waals surface area contributed by atoms with Crippen LogP contribution < -0.4 is 0 Å². The second-order valence-electron chi connectivity index (χ2n) is 4.89. The van der Waals surface area contributed by atoms with Crippen molar-refractivity contribution in [1.82, 2.24) is 0 Å². The Hall–Kier alpha value is -2.06. The molecule has 0 saturated heterocycles. The lowest BCUT2D eigenvalue weighted by atomic mass is 10.0. The predicted octanol–water partition coefficient (Wildman–Crippen LogP) is 4.02. The molecular weight excluding hydrogens is 236 g/mol. The highest BCUT2D eigenvalue weighted by Gasteiger charge is 2.11. The average Bonchev–Trinajstić information content (AvgIpc) is 2.85. The quantitative estimate of drug-likeness (QED) is 0.763. The molecule has 3 rings (SSSR count). The van der Waals surface area contributed by atoms with E-state index in [-0.39, 0.29) is 0 Å². The summed E-state index contributed by atoms with van der Waals surface area (Å²) in [5.74, 6) is 0.826. The molecule has 2 heteroatoms. The van der Waals surface area contributed by atoms with E-state index in [4.69, 9.17) is 4.42 Å². The molecule has 1 heterocycles. The van der Waals surface area contributed by atoms with E-state index in [2.05, 4.69) is 30.3 Å². The maximum Gasteiger partial charge on any atom is 0.101 e. The third kappa shape index (κ3) is 2.54. The van der Waals surface area contributed by atoms with Crippen molar-refractivity contribution in [2.75, 3.05) is 0 Å². The van der Waals surface area contributed by atoms with E-state index in [9.17, 15) is 5.11 Å². The monoisotopic (exact) mass is 252 g/mol. The van der Waals surface area contributed by atoms with Crippen LogP contribution in [0.25, 0.3) is 10.8 Å². The molecule has 1 atom stereocenters. The highest BCUT2D eigenvalue weighted by molar-refractivity contribution is 5.82. The molecule has 1 unspecified atom stereocenters. The summed E-state index contributed by atoms with van der Waals surface area (Å²) in [5.41, 5.74) is 1.97. The van der Waals surface area contributed by atoms with Crippen LogP contribution in [-0.2, 0) is 6.42 Å². The summed E-state index contributed by atoms with van der Waals surface area (Å²) < 4.78 is 5.23. The normalized spacial score (nSPS) is 12.7. The smallest absolute Gasteiger partial charge is 0.101 e. The lowest BCUT2D eigenvalue weighted by Gasteiger charge is -2.09. The lowest BCUT2D eigenvalue weighted by molar-refractivity contribution is 0.177. The van der Waals surface area contributed by atoms with Crippen molar-refractivity contribution in [2.24, 2.45) is 0 Å². The molecule has 0 radical (unpaired) electrons. The molecule has 1 aromatic heterocycles. The van der Waals surface area contributed by atoms with Gasteiger partial charge in [-0.25, -0.2) is 0 Å². The number of hydrogen-bond donors (Lipinski definition) is 1. The van der Waals surface area contributed by atoms with E-state index < -0.39 is 6.10 Å². The van der Waals surface area contributed by atoms with Crippen molar-refractivity contribution in [3.8, 4) is 0 Å². The lowest BCUT2D eigenvalue weighted by Crippen LogP contribution is -2.00. The highest BCUT2D eigenvalue weighted by atomic mass is 16.3. The molecule has 0 bridgehead atoms. The largest absolute Gasteiger partial charge is 0.469 e. The molecule has 3 aromatic rings. The van der Waals surface area contributed by atoms with E-state index >= 15 is 0 Å². The van der Waals surface area contributed by atoms with Crippen LogP contribution in [0.5, 0.6) is 0 Å². The first-order valence-corrected chi connectivity index (χ1v) is 6.43. The Labute approximate surface area is 112 Å². The number of hydrogen-bond acceptors (Lipinski definition) is 2. The fourth-order valence-corrected chi connectivity index (χ4v) is 2.35. The van der Waals surface area contributed by atoms with Crippen molar-refractivity contribution in [1.29, 1.82) is 0 Å². The highest BCUT2D eigenvalue weighted by Crippen LogP contribution is 2.23. The number of benzene rings is 2. The van der Waals surface area contributed by atoms with Crippen molar-refractivity contribution >= 4 is 10.8 Å². The number of aliphatic hydroxyl groups excluding tert-OH is 1. The Balaban J connectivity index is 1.84. The minimum Gasteiger partial charge on any atom is -0.469 e. The van der Waals surface area contributed by atoms with E-state index in [1.54, 1.807) is 6.26 Å². The molecule has 0 aliphatic carbocycles. The summed E-state index contributed by atoms with van der Waals surface area (Å²) in [6, 6.07) is 16.4. The molecule has 0 saturated carbocycles. The van der Waals surface area contributed by atoms with Crippen LogP contribution in [0.1, 0.15) is 23.0 Å². The predicted molar refractivity (Wildman–Crippen MR) is 76.1 cm³/mol. The summed E-state index contributed by atoms with van der Waals surface area (Å²) in [7, 11) is 0. The van der Waals surface area contributed by atoms with Crippen LogP contribution in [0.15, 0.2) is 59.2 Å². The number of aliphatic hydroxyl groups is 1. The van der Waals surface area contributed by atoms with Gasteiger partial charge in [0, 0.05) is 12.0 Å². The molecule has 0 aliphatic heterocycles. The summed E-state index contributed by atoms with van der Waals surface area (Å²) in [4.78, 5) is 0. The summed E-state index contributed by atoms with van der Waals surface area (Å²) in [6.07, 6.45) is 1.71. The van der Waals surface area contributed by atoms with Gasteiger partial charge in [0.15, 0.2) is 0 Å². The number of aryl methyl sites for hydroxylation is 1. The second kappa shape index (κ2) is 4.90. The fourth-order valence-electron chi connectivity index (χ4n) is 2.35. The van der Waals surface area contributed by atoms with Gasteiger partial charge in [-0.3, -0.25) is 0 Å². The van der Waals surface area contributed by atoms with Crippen LogP contribution in [0, 0.1) is 6.92 Å². The summed E-state index contributed by atoms with van der Waals surface area (Å²) >= 11 is 0. The molecule has 19 heavy (non-hydrogen) atoms. The number of rotatable bonds is 3. The standard InChI is InChI=1S/C17H16O2/c1-12-8-16(11-19-12)17(18)10-13-6-7-14-4-2-3-5-15(14)9-13/h2-9,11,17-18H,10H2,1H3. The van der Waals surface area contributed by atoms with Crippen molar-refractivity contribution in [3.63, 3.8) is 0 Å². The van der Waals surface area contributed by atoms with E-state index in [0.29, 0.717) is 6.42 Å². The Morgan fingerprint density at radius 1 is 1.05 bits per heavy atom. The van der Waals surface area contributed by atoms with Crippen LogP contribution in [0.3, 0.4) is 0 Å². The molecule has 96 valence electrons. The maximum absolute atomic E-state index is 10.2.